The van der Waals surface area contributed by atoms with Gasteiger partial charge in [-0.2, -0.15) is 0 Å². The van der Waals surface area contributed by atoms with Crippen molar-refractivity contribution in [3.8, 4) is 11.6 Å². The van der Waals surface area contributed by atoms with Crippen molar-refractivity contribution >= 4 is 17.2 Å². The Labute approximate surface area is 97.9 Å². The molecule has 0 amide bonds. The van der Waals surface area contributed by atoms with E-state index in [0.29, 0.717) is 17.4 Å². The Morgan fingerprint density at radius 1 is 1.44 bits per heavy atom. The van der Waals surface area contributed by atoms with Crippen molar-refractivity contribution in [1.29, 1.82) is 0 Å². The Hall–Kier alpha value is -1.95. The lowest BCUT2D eigenvalue weighted by Crippen LogP contribution is -2.16. The lowest BCUT2D eigenvalue weighted by molar-refractivity contribution is 0.410. The summed E-state index contributed by atoms with van der Waals surface area (Å²) in [5.41, 5.74) is 5.57. The molecule has 2 N–H and O–H groups in total. The highest BCUT2D eigenvalue weighted by molar-refractivity contribution is 7.80. The molecule has 16 heavy (non-hydrogen) atoms. The fourth-order valence-corrected chi connectivity index (χ4v) is 1.53. The lowest BCUT2D eigenvalue weighted by Gasteiger charge is -2.09. The fraction of sp³-hybridized carbons (Fsp3) is 0.100. The average molecular weight is 234 g/mol. The Morgan fingerprint density at radius 3 is 2.94 bits per heavy atom. The molecule has 0 unspecified atom stereocenters. The molecular weight excluding hydrogens is 224 g/mol. The number of ether oxygens (including phenoxy) is 1. The smallest absolute Gasteiger partial charge is 0.181 e. The molecule has 0 bridgehead atoms. The zero-order valence-corrected chi connectivity index (χ0v) is 9.44. The van der Waals surface area contributed by atoms with Gasteiger partial charge in [0.25, 0.3) is 0 Å². The van der Waals surface area contributed by atoms with E-state index in [4.69, 9.17) is 22.7 Å². The van der Waals surface area contributed by atoms with E-state index >= 15 is 0 Å². The highest BCUT2D eigenvalue weighted by Crippen LogP contribution is 2.20. The van der Waals surface area contributed by atoms with Gasteiger partial charge in [-0.05, 0) is 12.1 Å². The van der Waals surface area contributed by atoms with Gasteiger partial charge in [0.05, 0.1) is 7.11 Å². The highest BCUT2D eigenvalue weighted by atomic mass is 32.1. The van der Waals surface area contributed by atoms with Crippen LogP contribution in [0.1, 0.15) is 5.82 Å². The quantitative estimate of drug-likeness (QED) is 0.800. The molecule has 5 nitrogen and oxygen atoms in total. The molecule has 2 rings (SSSR count). The van der Waals surface area contributed by atoms with E-state index in [2.05, 4.69) is 9.97 Å². The number of nitrogens with zero attached hydrogens (tertiary/aromatic N) is 3. The van der Waals surface area contributed by atoms with Crippen molar-refractivity contribution in [2.45, 2.75) is 0 Å². The van der Waals surface area contributed by atoms with E-state index in [-0.39, 0.29) is 4.99 Å². The number of pyridine rings is 1. The molecule has 6 heteroatoms. The molecule has 0 fully saturated rings. The van der Waals surface area contributed by atoms with Crippen LogP contribution in [0.2, 0.25) is 0 Å². The van der Waals surface area contributed by atoms with Gasteiger partial charge in [-0.1, -0.05) is 12.2 Å². The number of rotatable bonds is 3. The van der Waals surface area contributed by atoms with Crippen LogP contribution in [0.5, 0.6) is 5.75 Å². The van der Waals surface area contributed by atoms with Gasteiger partial charge >= 0.3 is 0 Å². The second-order valence-electron chi connectivity index (χ2n) is 3.01. The van der Waals surface area contributed by atoms with Crippen molar-refractivity contribution in [3.63, 3.8) is 0 Å². The SMILES string of the molecule is COc1cccnc1-n1ccnc1C(N)=S. The normalized spacial score (nSPS) is 10.1. The molecule has 2 aromatic heterocycles. The number of nitrogens with two attached hydrogens (primary N) is 1. The van der Waals surface area contributed by atoms with Gasteiger partial charge in [-0.3, -0.25) is 4.57 Å². The molecular formula is C10H10N4OS. The Bertz CT molecular complexity index is 523. The Kier molecular flexibility index (Phi) is 2.82. The number of imidazole rings is 1. The summed E-state index contributed by atoms with van der Waals surface area (Å²) in [7, 11) is 1.58. The monoisotopic (exact) mass is 234 g/mol. The summed E-state index contributed by atoms with van der Waals surface area (Å²) >= 11 is 4.91. The summed E-state index contributed by atoms with van der Waals surface area (Å²) in [6, 6.07) is 3.60. The minimum absolute atomic E-state index is 0.220. The zero-order chi connectivity index (χ0) is 11.5. The largest absolute Gasteiger partial charge is 0.493 e. The van der Waals surface area contributed by atoms with Gasteiger partial charge in [0.15, 0.2) is 17.4 Å². The summed E-state index contributed by atoms with van der Waals surface area (Å²) in [5.74, 6) is 1.75. The first kappa shape index (κ1) is 10.6. The van der Waals surface area contributed by atoms with Crippen LogP contribution in [0.3, 0.4) is 0 Å². The molecule has 0 aliphatic heterocycles. The first-order valence-electron chi connectivity index (χ1n) is 4.56. The van der Waals surface area contributed by atoms with E-state index < -0.39 is 0 Å². The molecule has 0 spiro atoms. The van der Waals surface area contributed by atoms with Crippen LogP contribution in [-0.2, 0) is 0 Å². The molecule has 0 aromatic carbocycles. The van der Waals surface area contributed by atoms with Crippen molar-refractivity contribution in [2.75, 3.05) is 7.11 Å². The van der Waals surface area contributed by atoms with Crippen LogP contribution in [0.4, 0.5) is 0 Å². The van der Waals surface area contributed by atoms with Gasteiger partial charge in [0.1, 0.15) is 4.99 Å². The second kappa shape index (κ2) is 4.28. The molecule has 0 aliphatic carbocycles. The summed E-state index contributed by atoms with van der Waals surface area (Å²) in [5, 5.41) is 0. The standard InChI is InChI=1S/C10H10N4OS/c1-15-7-3-2-4-12-9(7)14-6-5-13-10(14)8(11)16/h2-6H,1H3,(H2,11,16). The number of hydrogen-bond donors (Lipinski definition) is 1. The second-order valence-corrected chi connectivity index (χ2v) is 3.45. The van der Waals surface area contributed by atoms with Crippen molar-refractivity contribution < 1.29 is 4.74 Å². The van der Waals surface area contributed by atoms with Crippen LogP contribution >= 0.6 is 12.2 Å². The molecule has 0 atom stereocenters. The van der Waals surface area contributed by atoms with Crippen molar-refractivity contribution in [2.24, 2.45) is 5.73 Å². The van der Waals surface area contributed by atoms with E-state index in [1.165, 1.54) is 0 Å². The van der Waals surface area contributed by atoms with E-state index in [0.717, 1.165) is 0 Å². The Balaban J connectivity index is 2.58. The van der Waals surface area contributed by atoms with Crippen LogP contribution in [-0.4, -0.2) is 26.6 Å². The number of methoxy groups -OCH3 is 1. The van der Waals surface area contributed by atoms with E-state index in [1.807, 2.05) is 6.07 Å². The first-order chi connectivity index (χ1) is 7.74. The molecule has 2 aromatic rings. The number of aromatic nitrogens is 3. The van der Waals surface area contributed by atoms with Crippen molar-refractivity contribution in [1.82, 2.24) is 14.5 Å². The summed E-state index contributed by atoms with van der Waals surface area (Å²) in [6.45, 7) is 0. The summed E-state index contributed by atoms with van der Waals surface area (Å²) < 4.78 is 6.90. The lowest BCUT2D eigenvalue weighted by atomic mass is 10.4. The van der Waals surface area contributed by atoms with Crippen molar-refractivity contribution in [3.05, 3.63) is 36.5 Å². The van der Waals surface area contributed by atoms with Gasteiger partial charge in [0, 0.05) is 18.6 Å². The Morgan fingerprint density at radius 2 is 2.25 bits per heavy atom. The van der Waals surface area contributed by atoms with Crippen LogP contribution < -0.4 is 10.5 Å². The maximum Gasteiger partial charge on any atom is 0.181 e. The molecule has 82 valence electrons. The molecule has 0 aliphatic rings. The summed E-state index contributed by atoms with van der Waals surface area (Å²) in [4.78, 5) is 8.51. The molecule has 2 heterocycles. The van der Waals surface area contributed by atoms with Gasteiger partial charge in [0.2, 0.25) is 0 Å². The zero-order valence-electron chi connectivity index (χ0n) is 8.62. The predicted octanol–water partition coefficient (Wildman–Crippen LogP) is 0.910. The third-order valence-corrected chi connectivity index (χ3v) is 2.24. The van der Waals surface area contributed by atoms with Gasteiger partial charge < -0.3 is 10.5 Å². The third kappa shape index (κ3) is 1.74. The average Bonchev–Trinajstić information content (AvgIpc) is 2.77. The maximum absolute atomic E-state index is 5.57. The number of thiocarbonyl (C=S) groups is 1. The van der Waals surface area contributed by atoms with E-state index in [1.54, 1.807) is 36.3 Å². The van der Waals surface area contributed by atoms with Crippen LogP contribution in [0.25, 0.3) is 5.82 Å². The van der Waals surface area contributed by atoms with Gasteiger partial charge in [-0.15, -0.1) is 0 Å². The van der Waals surface area contributed by atoms with Crippen LogP contribution in [0.15, 0.2) is 30.7 Å². The minimum Gasteiger partial charge on any atom is -0.493 e. The van der Waals surface area contributed by atoms with Gasteiger partial charge in [-0.25, -0.2) is 9.97 Å². The fourth-order valence-electron chi connectivity index (χ4n) is 1.38. The third-order valence-electron chi connectivity index (χ3n) is 2.06. The minimum atomic E-state index is 0.220. The first-order valence-corrected chi connectivity index (χ1v) is 4.97. The maximum atomic E-state index is 5.57. The van der Waals surface area contributed by atoms with Crippen LogP contribution in [0, 0.1) is 0 Å². The molecule has 0 saturated heterocycles. The number of hydrogen-bond acceptors (Lipinski definition) is 4. The summed E-state index contributed by atoms with van der Waals surface area (Å²) in [6.07, 6.45) is 5.02. The molecule has 0 radical (unpaired) electrons. The topological polar surface area (TPSA) is 66.0 Å². The van der Waals surface area contributed by atoms with E-state index in [9.17, 15) is 0 Å². The molecule has 0 saturated carbocycles. The highest BCUT2D eigenvalue weighted by Gasteiger charge is 2.12. The predicted molar refractivity (Wildman–Crippen MR) is 63.8 cm³/mol.